The Morgan fingerprint density at radius 2 is 1.88 bits per heavy atom. The Labute approximate surface area is 96.0 Å². The van der Waals surface area contributed by atoms with E-state index in [1.54, 1.807) is 25.1 Å². The van der Waals surface area contributed by atoms with E-state index in [1.165, 1.54) is 12.1 Å². The van der Waals surface area contributed by atoms with E-state index in [-0.39, 0.29) is 23.3 Å². The highest BCUT2D eigenvalue weighted by Gasteiger charge is 2.28. The van der Waals surface area contributed by atoms with Gasteiger partial charge in [-0.3, -0.25) is 0 Å². The molecule has 0 radical (unpaired) electrons. The molecule has 1 aromatic rings. The van der Waals surface area contributed by atoms with Gasteiger partial charge in [0, 0.05) is 4.90 Å². The number of halogens is 3. The van der Waals surface area contributed by atoms with E-state index in [4.69, 9.17) is 5.11 Å². The number of hydrogen-bond donors (Lipinski definition) is 1. The number of rotatable bonds is 3. The minimum Gasteiger partial charge on any atom is -0.392 e. The maximum atomic E-state index is 12.0. The molecule has 0 atom stereocenters. The lowest BCUT2D eigenvalue weighted by Gasteiger charge is -2.05. The molecule has 0 fully saturated rings. The molecule has 1 rings (SSSR count). The Hall–Kier alpha value is -0.940. The Morgan fingerprint density at radius 3 is 2.31 bits per heavy atom. The highest BCUT2D eigenvalue weighted by Crippen LogP contribution is 2.36. The molecule has 0 saturated carbocycles. The van der Waals surface area contributed by atoms with Gasteiger partial charge in [0.15, 0.2) is 0 Å². The maximum absolute atomic E-state index is 12.0. The highest BCUT2D eigenvalue weighted by molar-refractivity contribution is 8.00. The van der Waals surface area contributed by atoms with E-state index in [0.717, 1.165) is 11.1 Å². The van der Waals surface area contributed by atoms with E-state index < -0.39 is 5.51 Å². The summed E-state index contributed by atoms with van der Waals surface area (Å²) < 4.78 is 36.1. The number of alkyl halides is 3. The normalized spacial score (nSPS) is 12.9. The average molecular weight is 248 g/mol. The van der Waals surface area contributed by atoms with Gasteiger partial charge in [-0.2, -0.15) is 13.2 Å². The second-order valence-electron chi connectivity index (χ2n) is 3.27. The Balaban J connectivity index is 2.76. The topological polar surface area (TPSA) is 20.2 Å². The van der Waals surface area contributed by atoms with E-state index in [0.29, 0.717) is 0 Å². The van der Waals surface area contributed by atoms with Crippen molar-refractivity contribution in [2.45, 2.75) is 17.3 Å². The molecular formula is C11H11F3OS. The van der Waals surface area contributed by atoms with Crippen LogP contribution in [-0.4, -0.2) is 17.2 Å². The zero-order valence-corrected chi connectivity index (χ0v) is 9.40. The molecule has 1 N–H and O–H groups in total. The smallest absolute Gasteiger partial charge is 0.392 e. The summed E-state index contributed by atoms with van der Waals surface area (Å²) in [5.41, 5.74) is -2.72. The van der Waals surface area contributed by atoms with Crippen molar-refractivity contribution >= 4 is 17.8 Å². The third-order valence-corrected chi connectivity index (χ3v) is 2.52. The van der Waals surface area contributed by atoms with Crippen molar-refractivity contribution in [3.05, 3.63) is 35.4 Å². The Bertz CT molecular complexity index is 368. The van der Waals surface area contributed by atoms with Crippen LogP contribution in [0.1, 0.15) is 12.5 Å². The second kappa shape index (κ2) is 5.41. The van der Waals surface area contributed by atoms with E-state index in [2.05, 4.69) is 0 Å². The van der Waals surface area contributed by atoms with Crippen molar-refractivity contribution in [1.82, 2.24) is 0 Å². The zero-order valence-electron chi connectivity index (χ0n) is 8.58. The van der Waals surface area contributed by atoms with Crippen molar-refractivity contribution < 1.29 is 18.3 Å². The van der Waals surface area contributed by atoms with Crippen LogP contribution in [0.4, 0.5) is 13.2 Å². The molecule has 1 aromatic carbocycles. The zero-order chi connectivity index (χ0) is 12.2. The summed E-state index contributed by atoms with van der Waals surface area (Å²) in [6.07, 6.45) is 1.72. The predicted molar refractivity (Wildman–Crippen MR) is 59.1 cm³/mol. The van der Waals surface area contributed by atoms with Gasteiger partial charge < -0.3 is 5.11 Å². The third-order valence-electron chi connectivity index (χ3n) is 1.78. The SMILES string of the molecule is CC(=Cc1ccc(SC(F)(F)F)cc1)CO. The molecule has 0 heterocycles. The monoisotopic (exact) mass is 248 g/mol. The molecule has 0 bridgehead atoms. The number of benzene rings is 1. The first-order valence-corrected chi connectivity index (χ1v) is 5.36. The molecule has 0 aliphatic rings. The van der Waals surface area contributed by atoms with Crippen LogP contribution in [0.2, 0.25) is 0 Å². The molecule has 0 aromatic heterocycles. The van der Waals surface area contributed by atoms with Crippen molar-refractivity contribution in [3.8, 4) is 0 Å². The lowest BCUT2D eigenvalue weighted by molar-refractivity contribution is -0.0328. The molecule has 1 nitrogen and oxygen atoms in total. The number of hydrogen-bond acceptors (Lipinski definition) is 2. The standard InChI is InChI=1S/C11H11F3OS/c1-8(7-15)6-9-2-4-10(5-3-9)16-11(12,13)14/h2-6,15H,7H2,1H3. The van der Waals surface area contributed by atoms with Crippen LogP contribution in [0, 0.1) is 0 Å². The van der Waals surface area contributed by atoms with Crippen LogP contribution in [0.15, 0.2) is 34.7 Å². The van der Waals surface area contributed by atoms with Crippen LogP contribution < -0.4 is 0 Å². The Morgan fingerprint density at radius 1 is 1.31 bits per heavy atom. The first-order valence-electron chi connectivity index (χ1n) is 4.54. The summed E-state index contributed by atoms with van der Waals surface area (Å²) in [4.78, 5) is 0.159. The molecule has 0 amide bonds. The number of aliphatic hydroxyl groups excluding tert-OH is 1. The van der Waals surface area contributed by atoms with Gasteiger partial charge in [0.25, 0.3) is 0 Å². The predicted octanol–water partition coefficient (Wildman–Crippen LogP) is 3.69. The molecular weight excluding hydrogens is 237 g/mol. The minimum atomic E-state index is -4.25. The lowest BCUT2D eigenvalue weighted by Crippen LogP contribution is -1.98. The average Bonchev–Trinajstić information content (AvgIpc) is 2.18. The van der Waals surface area contributed by atoms with Gasteiger partial charge in [0.05, 0.1) is 6.61 Å². The Kier molecular flexibility index (Phi) is 4.44. The van der Waals surface area contributed by atoms with Crippen molar-refractivity contribution in [1.29, 1.82) is 0 Å². The molecule has 0 aliphatic heterocycles. The van der Waals surface area contributed by atoms with E-state index >= 15 is 0 Å². The van der Waals surface area contributed by atoms with Gasteiger partial charge in [0.1, 0.15) is 0 Å². The largest absolute Gasteiger partial charge is 0.446 e. The molecule has 0 spiro atoms. The summed E-state index contributed by atoms with van der Waals surface area (Å²) in [6, 6.07) is 6.00. The first-order chi connectivity index (χ1) is 7.40. The molecule has 0 aliphatic carbocycles. The molecule has 88 valence electrons. The van der Waals surface area contributed by atoms with Crippen LogP contribution in [-0.2, 0) is 0 Å². The van der Waals surface area contributed by atoms with Crippen LogP contribution in [0.3, 0.4) is 0 Å². The van der Waals surface area contributed by atoms with Crippen LogP contribution >= 0.6 is 11.8 Å². The third kappa shape index (κ3) is 4.72. The highest BCUT2D eigenvalue weighted by atomic mass is 32.2. The number of aliphatic hydroxyl groups is 1. The quantitative estimate of drug-likeness (QED) is 0.823. The molecule has 16 heavy (non-hydrogen) atoms. The van der Waals surface area contributed by atoms with E-state index in [9.17, 15) is 13.2 Å². The summed E-state index contributed by atoms with van der Waals surface area (Å²) in [7, 11) is 0. The molecule has 5 heteroatoms. The van der Waals surface area contributed by atoms with Crippen molar-refractivity contribution in [2.75, 3.05) is 6.61 Å². The first kappa shape index (κ1) is 13.1. The summed E-state index contributed by atoms with van der Waals surface area (Å²) in [5.74, 6) is 0. The van der Waals surface area contributed by atoms with Crippen LogP contribution in [0.5, 0.6) is 0 Å². The van der Waals surface area contributed by atoms with Gasteiger partial charge in [-0.25, -0.2) is 0 Å². The van der Waals surface area contributed by atoms with Gasteiger partial charge in [-0.15, -0.1) is 0 Å². The van der Waals surface area contributed by atoms with Crippen molar-refractivity contribution in [2.24, 2.45) is 0 Å². The maximum Gasteiger partial charge on any atom is 0.446 e. The lowest BCUT2D eigenvalue weighted by atomic mass is 10.1. The fourth-order valence-corrected chi connectivity index (χ4v) is 1.64. The fraction of sp³-hybridized carbons (Fsp3) is 0.273. The fourth-order valence-electron chi connectivity index (χ4n) is 1.10. The molecule has 0 unspecified atom stereocenters. The van der Waals surface area contributed by atoms with Crippen molar-refractivity contribution in [3.63, 3.8) is 0 Å². The van der Waals surface area contributed by atoms with Crippen LogP contribution in [0.25, 0.3) is 6.08 Å². The summed E-state index contributed by atoms with van der Waals surface area (Å²) in [5, 5.41) is 8.78. The van der Waals surface area contributed by atoms with Gasteiger partial charge in [0.2, 0.25) is 0 Å². The van der Waals surface area contributed by atoms with E-state index in [1.807, 2.05) is 0 Å². The summed E-state index contributed by atoms with van der Waals surface area (Å²) in [6.45, 7) is 1.69. The van der Waals surface area contributed by atoms with Gasteiger partial charge >= 0.3 is 5.51 Å². The minimum absolute atomic E-state index is 0.0565. The van der Waals surface area contributed by atoms with Gasteiger partial charge in [-0.1, -0.05) is 18.2 Å². The second-order valence-corrected chi connectivity index (χ2v) is 4.40. The number of thioether (sulfide) groups is 1. The summed E-state index contributed by atoms with van der Waals surface area (Å²) >= 11 is -0.136. The molecule has 0 saturated heterocycles. The van der Waals surface area contributed by atoms with Gasteiger partial charge in [-0.05, 0) is 42.0 Å².